The van der Waals surface area contributed by atoms with Gasteiger partial charge in [-0.25, -0.2) is 0 Å². The molecular formula is C17H17NO3S. The molecule has 0 saturated carbocycles. The number of fused-ring (bicyclic) bond motifs is 1. The maximum Gasteiger partial charge on any atom is 0.267 e. The molecule has 2 atom stereocenters. The van der Waals surface area contributed by atoms with Crippen molar-refractivity contribution in [1.82, 2.24) is 4.90 Å². The molecule has 4 nitrogen and oxygen atoms in total. The van der Waals surface area contributed by atoms with Crippen LogP contribution in [0, 0.1) is 0 Å². The van der Waals surface area contributed by atoms with Crippen molar-refractivity contribution in [2.45, 2.75) is 25.0 Å². The fourth-order valence-corrected chi connectivity index (χ4v) is 4.01. The van der Waals surface area contributed by atoms with Crippen molar-refractivity contribution >= 4 is 17.2 Å². The molecule has 0 spiro atoms. The standard InChI is InChI=1S/C17H17NO3S/c19-17(15-11-20-13-6-1-2-7-14(13)21-15)18-9-3-5-12(18)16-8-4-10-22-16/h1-2,4,6-8,10,12,15H,3,5,9,11H2/t12-,15-/m0/s1. The number of carbonyl (C=O) groups is 1. The van der Waals surface area contributed by atoms with Crippen molar-refractivity contribution in [3.05, 3.63) is 46.7 Å². The van der Waals surface area contributed by atoms with E-state index in [0.29, 0.717) is 11.5 Å². The fourth-order valence-electron chi connectivity index (χ4n) is 3.13. The van der Waals surface area contributed by atoms with Crippen LogP contribution in [-0.4, -0.2) is 30.1 Å². The highest BCUT2D eigenvalue weighted by Crippen LogP contribution is 2.37. The van der Waals surface area contributed by atoms with Crippen LogP contribution >= 0.6 is 11.3 Å². The zero-order chi connectivity index (χ0) is 14.9. The second-order valence-electron chi connectivity index (χ2n) is 5.57. The molecule has 2 aliphatic heterocycles. The van der Waals surface area contributed by atoms with Gasteiger partial charge in [0.25, 0.3) is 5.91 Å². The van der Waals surface area contributed by atoms with E-state index < -0.39 is 6.10 Å². The summed E-state index contributed by atoms with van der Waals surface area (Å²) < 4.78 is 11.5. The van der Waals surface area contributed by atoms with E-state index in [1.807, 2.05) is 35.2 Å². The minimum atomic E-state index is -0.546. The maximum atomic E-state index is 12.8. The van der Waals surface area contributed by atoms with E-state index in [1.54, 1.807) is 11.3 Å². The van der Waals surface area contributed by atoms with Crippen LogP contribution in [0.15, 0.2) is 41.8 Å². The van der Waals surface area contributed by atoms with Crippen LogP contribution in [0.3, 0.4) is 0 Å². The predicted molar refractivity (Wildman–Crippen MR) is 84.4 cm³/mol. The predicted octanol–water partition coefficient (Wildman–Crippen LogP) is 3.25. The van der Waals surface area contributed by atoms with Gasteiger partial charge in [0.05, 0.1) is 6.04 Å². The molecule has 114 valence electrons. The first-order chi connectivity index (χ1) is 10.8. The molecule has 4 rings (SSSR count). The summed E-state index contributed by atoms with van der Waals surface area (Å²) >= 11 is 1.71. The number of benzene rings is 1. The number of amides is 1. The Bertz CT molecular complexity index is 670. The van der Waals surface area contributed by atoms with Crippen molar-refractivity contribution in [3.63, 3.8) is 0 Å². The third kappa shape index (κ3) is 2.35. The van der Waals surface area contributed by atoms with Gasteiger partial charge in [-0.2, -0.15) is 0 Å². The first-order valence-corrected chi connectivity index (χ1v) is 8.43. The molecule has 1 saturated heterocycles. The summed E-state index contributed by atoms with van der Waals surface area (Å²) in [6.45, 7) is 1.08. The lowest BCUT2D eigenvalue weighted by Crippen LogP contribution is -2.46. The SMILES string of the molecule is O=C([C@@H]1COc2ccccc2O1)N1CCC[C@H]1c1cccs1. The first kappa shape index (κ1) is 13.6. The van der Waals surface area contributed by atoms with Crippen molar-refractivity contribution in [1.29, 1.82) is 0 Å². The van der Waals surface area contributed by atoms with Gasteiger partial charge in [-0.1, -0.05) is 18.2 Å². The number of carbonyl (C=O) groups excluding carboxylic acids is 1. The lowest BCUT2D eigenvalue weighted by molar-refractivity contribution is -0.142. The second-order valence-corrected chi connectivity index (χ2v) is 6.55. The van der Waals surface area contributed by atoms with E-state index in [9.17, 15) is 4.79 Å². The lowest BCUT2D eigenvalue weighted by Gasteiger charge is -2.31. The van der Waals surface area contributed by atoms with E-state index in [-0.39, 0.29) is 18.6 Å². The van der Waals surface area contributed by atoms with Crippen LogP contribution < -0.4 is 9.47 Å². The zero-order valence-corrected chi connectivity index (χ0v) is 12.9. The van der Waals surface area contributed by atoms with Gasteiger partial charge in [0.1, 0.15) is 6.61 Å². The molecule has 0 aliphatic carbocycles. The highest BCUT2D eigenvalue weighted by atomic mass is 32.1. The minimum absolute atomic E-state index is 0.0328. The summed E-state index contributed by atoms with van der Waals surface area (Å²) in [6, 6.07) is 11.8. The average Bonchev–Trinajstić information content (AvgIpc) is 3.24. The Hall–Kier alpha value is -2.01. The molecule has 0 bridgehead atoms. The largest absolute Gasteiger partial charge is 0.485 e. The molecule has 0 unspecified atom stereocenters. The van der Waals surface area contributed by atoms with Gasteiger partial charge in [0.2, 0.25) is 6.10 Å². The molecule has 2 aromatic rings. The summed E-state index contributed by atoms with van der Waals surface area (Å²) in [5.41, 5.74) is 0. The van der Waals surface area contributed by atoms with Crippen molar-refractivity contribution in [2.75, 3.05) is 13.2 Å². The Morgan fingerprint density at radius 2 is 2.05 bits per heavy atom. The van der Waals surface area contributed by atoms with E-state index in [1.165, 1.54) is 4.88 Å². The highest BCUT2D eigenvalue weighted by molar-refractivity contribution is 7.10. The Morgan fingerprint density at radius 1 is 1.18 bits per heavy atom. The third-order valence-electron chi connectivity index (χ3n) is 4.19. The quantitative estimate of drug-likeness (QED) is 0.854. The molecule has 2 aliphatic rings. The van der Waals surface area contributed by atoms with Crippen LogP contribution in [0.5, 0.6) is 11.5 Å². The Kier molecular flexibility index (Phi) is 3.50. The van der Waals surface area contributed by atoms with Crippen LogP contribution in [0.4, 0.5) is 0 Å². The van der Waals surface area contributed by atoms with Crippen LogP contribution in [0.1, 0.15) is 23.8 Å². The van der Waals surface area contributed by atoms with Crippen molar-refractivity contribution < 1.29 is 14.3 Å². The molecule has 3 heterocycles. The van der Waals surface area contributed by atoms with Gasteiger partial charge in [0, 0.05) is 11.4 Å². The van der Waals surface area contributed by atoms with Gasteiger partial charge < -0.3 is 14.4 Å². The van der Waals surface area contributed by atoms with E-state index in [2.05, 4.69) is 11.4 Å². The number of para-hydroxylation sites is 2. The van der Waals surface area contributed by atoms with Gasteiger partial charge in [-0.15, -0.1) is 11.3 Å². The Balaban J connectivity index is 1.52. The number of rotatable bonds is 2. The monoisotopic (exact) mass is 315 g/mol. The normalized spacial score (nSPS) is 23.5. The molecule has 1 amide bonds. The Labute approximate surface area is 133 Å². The van der Waals surface area contributed by atoms with Gasteiger partial charge in [0.15, 0.2) is 11.5 Å². The van der Waals surface area contributed by atoms with E-state index in [4.69, 9.17) is 9.47 Å². The molecule has 1 fully saturated rings. The molecule has 1 aromatic heterocycles. The number of hydrogen-bond donors (Lipinski definition) is 0. The van der Waals surface area contributed by atoms with Crippen LogP contribution in [-0.2, 0) is 4.79 Å². The summed E-state index contributed by atoms with van der Waals surface area (Å²) in [5, 5.41) is 2.06. The molecule has 0 radical (unpaired) electrons. The van der Waals surface area contributed by atoms with Crippen LogP contribution in [0.2, 0.25) is 0 Å². The summed E-state index contributed by atoms with van der Waals surface area (Å²) in [4.78, 5) is 16.0. The second kappa shape index (κ2) is 5.65. The number of ether oxygens (including phenoxy) is 2. The third-order valence-corrected chi connectivity index (χ3v) is 5.17. The van der Waals surface area contributed by atoms with E-state index >= 15 is 0 Å². The van der Waals surface area contributed by atoms with E-state index in [0.717, 1.165) is 19.4 Å². The number of nitrogens with zero attached hydrogens (tertiary/aromatic N) is 1. The summed E-state index contributed by atoms with van der Waals surface area (Å²) in [6.07, 6.45) is 1.52. The highest BCUT2D eigenvalue weighted by Gasteiger charge is 2.37. The molecular weight excluding hydrogens is 298 g/mol. The van der Waals surface area contributed by atoms with Crippen LogP contribution in [0.25, 0.3) is 0 Å². The van der Waals surface area contributed by atoms with Crippen molar-refractivity contribution in [3.8, 4) is 11.5 Å². The summed E-state index contributed by atoms with van der Waals surface area (Å²) in [5.74, 6) is 1.40. The number of likely N-dealkylation sites (tertiary alicyclic amines) is 1. The lowest BCUT2D eigenvalue weighted by atomic mass is 10.1. The van der Waals surface area contributed by atoms with Gasteiger partial charge in [-0.05, 0) is 36.4 Å². The maximum absolute atomic E-state index is 12.8. The zero-order valence-electron chi connectivity index (χ0n) is 12.1. The fraction of sp³-hybridized carbons (Fsp3) is 0.353. The first-order valence-electron chi connectivity index (χ1n) is 7.55. The van der Waals surface area contributed by atoms with Gasteiger partial charge >= 0.3 is 0 Å². The minimum Gasteiger partial charge on any atom is -0.485 e. The van der Waals surface area contributed by atoms with Crippen molar-refractivity contribution in [2.24, 2.45) is 0 Å². The number of thiophene rings is 1. The summed E-state index contributed by atoms with van der Waals surface area (Å²) in [7, 11) is 0. The Morgan fingerprint density at radius 3 is 2.86 bits per heavy atom. The average molecular weight is 315 g/mol. The smallest absolute Gasteiger partial charge is 0.267 e. The number of hydrogen-bond acceptors (Lipinski definition) is 4. The topological polar surface area (TPSA) is 38.8 Å². The van der Waals surface area contributed by atoms with Gasteiger partial charge in [-0.3, -0.25) is 4.79 Å². The molecule has 0 N–H and O–H groups in total. The molecule has 5 heteroatoms. The molecule has 1 aromatic carbocycles. The molecule has 22 heavy (non-hydrogen) atoms.